The first-order chi connectivity index (χ1) is 9.70. The van der Waals surface area contributed by atoms with Crippen molar-refractivity contribution in [1.82, 2.24) is 19.3 Å². The summed E-state index contributed by atoms with van der Waals surface area (Å²) in [6.45, 7) is 2.48. The van der Waals surface area contributed by atoms with Gasteiger partial charge in [-0.1, -0.05) is 0 Å². The highest BCUT2D eigenvalue weighted by molar-refractivity contribution is 6.20. The van der Waals surface area contributed by atoms with Gasteiger partial charge in [0.15, 0.2) is 5.65 Å². The third-order valence-corrected chi connectivity index (χ3v) is 3.20. The summed E-state index contributed by atoms with van der Waals surface area (Å²) in [6.07, 6.45) is -4.32. The minimum Gasteiger partial charge on any atom is -0.370 e. The van der Waals surface area contributed by atoms with E-state index in [1.54, 1.807) is 23.2 Å². The molecule has 1 unspecified atom stereocenters. The second-order valence-corrected chi connectivity index (χ2v) is 5.44. The predicted molar refractivity (Wildman–Crippen MR) is 72.4 cm³/mol. The Labute approximate surface area is 124 Å². The van der Waals surface area contributed by atoms with E-state index in [4.69, 9.17) is 11.6 Å². The summed E-state index contributed by atoms with van der Waals surface area (Å²) in [5, 5.41) is 3.89. The lowest BCUT2D eigenvalue weighted by Gasteiger charge is -2.12. The Morgan fingerprint density at radius 3 is 2.62 bits per heavy atom. The molecule has 2 heterocycles. The molecule has 1 atom stereocenters. The van der Waals surface area contributed by atoms with Crippen molar-refractivity contribution in [3.8, 4) is 0 Å². The molecule has 0 bridgehead atoms. The average molecular weight is 325 g/mol. The van der Waals surface area contributed by atoms with Gasteiger partial charge in [0.1, 0.15) is 17.9 Å². The lowest BCUT2D eigenvalue weighted by molar-refractivity contribution is -0.174. The van der Waals surface area contributed by atoms with E-state index >= 15 is 0 Å². The van der Waals surface area contributed by atoms with Crippen LogP contribution in [0.4, 0.5) is 13.2 Å². The molecule has 0 saturated carbocycles. The van der Waals surface area contributed by atoms with Gasteiger partial charge in [-0.15, -0.1) is 11.6 Å². The van der Waals surface area contributed by atoms with Crippen LogP contribution in [0.1, 0.15) is 23.8 Å². The first-order valence-corrected chi connectivity index (χ1v) is 6.82. The van der Waals surface area contributed by atoms with E-state index in [1.807, 2.05) is 6.92 Å². The topological polar surface area (TPSA) is 44.9 Å². The average Bonchev–Trinajstić information content (AvgIpc) is 2.84. The standard InChI is InChI=1S/C12H16ClF3N4O/c1-7(13)10-17-9-8(2)18-19(3)11(9)20(10)4-5-21-6-12(14,15)16/h7H,4-6H2,1-3H3. The minimum absolute atomic E-state index is 0.0776. The Balaban J connectivity index is 2.22. The molecule has 0 aliphatic heterocycles. The van der Waals surface area contributed by atoms with Crippen molar-refractivity contribution in [1.29, 1.82) is 0 Å². The molecule has 0 radical (unpaired) electrons. The Kier molecular flexibility index (Phi) is 4.48. The van der Waals surface area contributed by atoms with Crippen molar-refractivity contribution >= 4 is 22.8 Å². The molecular formula is C12H16ClF3N4O. The minimum atomic E-state index is -4.32. The molecule has 0 saturated heterocycles. The number of aryl methyl sites for hydroxylation is 2. The number of aromatic nitrogens is 4. The smallest absolute Gasteiger partial charge is 0.370 e. The first-order valence-electron chi connectivity index (χ1n) is 6.39. The summed E-state index contributed by atoms with van der Waals surface area (Å²) in [4.78, 5) is 4.43. The first kappa shape index (κ1) is 16.1. The van der Waals surface area contributed by atoms with Gasteiger partial charge in [-0.25, -0.2) is 4.98 Å². The maximum atomic E-state index is 12.1. The molecule has 2 aromatic heterocycles. The Morgan fingerprint density at radius 2 is 2.05 bits per heavy atom. The van der Waals surface area contributed by atoms with Gasteiger partial charge in [0.05, 0.1) is 17.7 Å². The van der Waals surface area contributed by atoms with E-state index in [2.05, 4.69) is 14.8 Å². The molecule has 9 heteroatoms. The van der Waals surface area contributed by atoms with Gasteiger partial charge in [0.25, 0.3) is 0 Å². The molecule has 2 aromatic rings. The number of imidazole rings is 1. The lowest BCUT2D eigenvalue weighted by Crippen LogP contribution is -2.20. The zero-order chi connectivity index (χ0) is 15.8. The van der Waals surface area contributed by atoms with E-state index in [0.717, 1.165) is 11.3 Å². The Bertz CT molecular complexity index is 632. The van der Waals surface area contributed by atoms with Crippen LogP contribution in [0.3, 0.4) is 0 Å². The van der Waals surface area contributed by atoms with Crippen LogP contribution in [0.2, 0.25) is 0 Å². The fourth-order valence-corrected chi connectivity index (χ4v) is 2.39. The van der Waals surface area contributed by atoms with Crippen LogP contribution in [-0.2, 0) is 18.3 Å². The third kappa shape index (κ3) is 3.49. The summed E-state index contributed by atoms with van der Waals surface area (Å²) >= 11 is 6.09. The van der Waals surface area contributed by atoms with E-state index in [9.17, 15) is 13.2 Å². The molecule has 0 fully saturated rings. The number of halogens is 4. The number of nitrogens with zero attached hydrogens (tertiary/aromatic N) is 4. The van der Waals surface area contributed by atoms with Crippen molar-refractivity contribution in [2.45, 2.75) is 31.9 Å². The van der Waals surface area contributed by atoms with Crippen molar-refractivity contribution in [3.05, 3.63) is 11.5 Å². The predicted octanol–water partition coefficient (Wildman–Crippen LogP) is 2.96. The Hall–Kier alpha value is -1.28. The van der Waals surface area contributed by atoms with Gasteiger partial charge < -0.3 is 9.30 Å². The maximum Gasteiger partial charge on any atom is 0.411 e. The zero-order valence-corrected chi connectivity index (χ0v) is 12.7. The Morgan fingerprint density at radius 1 is 1.38 bits per heavy atom. The fraction of sp³-hybridized carbons (Fsp3) is 0.667. The van der Waals surface area contributed by atoms with Crippen LogP contribution in [0.25, 0.3) is 11.2 Å². The molecule has 0 spiro atoms. The van der Waals surface area contributed by atoms with E-state index < -0.39 is 12.8 Å². The van der Waals surface area contributed by atoms with Crippen molar-refractivity contribution in [3.63, 3.8) is 0 Å². The highest BCUT2D eigenvalue weighted by atomic mass is 35.5. The molecule has 0 aliphatic carbocycles. The van der Waals surface area contributed by atoms with Gasteiger partial charge >= 0.3 is 6.18 Å². The van der Waals surface area contributed by atoms with Crippen LogP contribution < -0.4 is 0 Å². The number of fused-ring (bicyclic) bond motifs is 1. The molecule has 0 aromatic carbocycles. The fourth-order valence-electron chi connectivity index (χ4n) is 2.22. The zero-order valence-electron chi connectivity index (χ0n) is 11.9. The van der Waals surface area contributed by atoms with Gasteiger partial charge in [-0.2, -0.15) is 18.3 Å². The van der Waals surface area contributed by atoms with Gasteiger partial charge in [0, 0.05) is 13.6 Å². The van der Waals surface area contributed by atoms with E-state index in [-0.39, 0.29) is 18.5 Å². The molecule has 0 N–H and O–H groups in total. The van der Waals surface area contributed by atoms with Crippen LogP contribution in [0.5, 0.6) is 0 Å². The van der Waals surface area contributed by atoms with Crippen LogP contribution >= 0.6 is 11.6 Å². The number of hydrogen-bond acceptors (Lipinski definition) is 3. The number of rotatable bonds is 5. The van der Waals surface area contributed by atoms with Crippen LogP contribution in [0.15, 0.2) is 0 Å². The summed E-state index contributed by atoms with van der Waals surface area (Å²) in [7, 11) is 1.76. The summed E-state index contributed by atoms with van der Waals surface area (Å²) < 4.78 is 44.3. The molecule has 2 rings (SSSR count). The van der Waals surface area contributed by atoms with Gasteiger partial charge in [-0.05, 0) is 13.8 Å². The third-order valence-electron chi connectivity index (χ3n) is 3.00. The molecule has 21 heavy (non-hydrogen) atoms. The summed E-state index contributed by atoms with van der Waals surface area (Å²) in [5.74, 6) is 0.596. The van der Waals surface area contributed by atoms with Crippen molar-refractivity contribution < 1.29 is 17.9 Å². The van der Waals surface area contributed by atoms with Crippen molar-refractivity contribution in [2.75, 3.05) is 13.2 Å². The lowest BCUT2D eigenvalue weighted by atomic mass is 10.4. The van der Waals surface area contributed by atoms with Gasteiger partial charge in [-0.3, -0.25) is 4.68 Å². The number of hydrogen-bond donors (Lipinski definition) is 0. The highest BCUT2D eigenvalue weighted by Crippen LogP contribution is 2.26. The van der Waals surface area contributed by atoms with Crippen molar-refractivity contribution in [2.24, 2.45) is 7.05 Å². The van der Waals surface area contributed by atoms with Crippen LogP contribution in [-0.4, -0.2) is 38.7 Å². The summed E-state index contributed by atoms with van der Waals surface area (Å²) in [5.41, 5.74) is 2.18. The molecular weight excluding hydrogens is 309 g/mol. The maximum absolute atomic E-state index is 12.1. The monoisotopic (exact) mass is 324 g/mol. The van der Waals surface area contributed by atoms with Crippen LogP contribution in [0, 0.1) is 6.92 Å². The summed E-state index contributed by atoms with van der Waals surface area (Å²) in [6, 6.07) is 0. The molecule has 118 valence electrons. The second-order valence-electron chi connectivity index (χ2n) is 4.79. The van der Waals surface area contributed by atoms with Gasteiger partial charge in [0.2, 0.25) is 0 Å². The molecule has 5 nitrogen and oxygen atoms in total. The SMILES string of the molecule is Cc1nn(C)c2c1nc(C(C)Cl)n2CCOCC(F)(F)F. The van der Waals surface area contributed by atoms with E-state index in [1.165, 1.54) is 0 Å². The quantitative estimate of drug-likeness (QED) is 0.627. The largest absolute Gasteiger partial charge is 0.411 e. The molecule has 0 aliphatic rings. The number of ether oxygens (including phenoxy) is 1. The highest BCUT2D eigenvalue weighted by Gasteiger charge is 2.27. The van der Waals surface area contributed by atoms with E-state index in [0.29, 0.717) is 11.3 Å². The normalized spacial score (nSPS) is 14.0. The second kappa shape index (κ2) is 5.84. The molecule has 0 amide bonds. The number of alkyl halides is 4.